The molecule has 1 aromatic carbocycles. The lowest BCUT2D eigenvalue weighted by molar-refractivity contribution is -0.141. The van der Waals surface area contributed by atoms with E-state index in [0.29, 0.717) is 5.56 Å². The SMILES string of the molecule is CCOC(=O)C1=NN(C(=O)c2ccccc2)C2C(=O)N(CC)C(=O)C12. The van der Waals surface area contributed by atoms with Gasteiger partial charge in [-0.05, 0) is 26.0 Å². The normalized spacial score (nSPS) is 22.1. The number of ether oxygens (including phenoxy) is 1. The van der Waals surface area contributed by atoms with Crippen LogP contribution in [-0.4, -0.2) is 58.5 Å². The van der Waals surface area contributed by atoms with E-state index in [-0.39, 0.29) is 18.9 Å². The number of hydrogen-bond donors (Lipinski definition) is 0. The van der Waals surface area contributed by atoms with E-state index in [1.807, 2.05) is 0 Å². The van der Waals surface area contributed by atoms with E-state index < -0.39 is 35.7 Å². The smallest absolute Gasteiger partial charge is 0.355 e. The van der Waals surface area contributed by atoms with Crippen molar-refractivity contribution in [2.24, 2.45) is 11.0 Å². The molecule has 130 valence electrons. The second kappa shape index (κ2) is 6.46. The van der Waals surface area contributed by atoms with Gasteiger partial charge in [-0.25, -0.2) is 9.80 Å². The number of esters is 1. The lowest BCUT2D eigenvalue weighted by atomic mass is 9.97. The maximum absolute atomic E-state index is 12.7. The lowest BCUT2D eigenvalue weighted by Crippen LogP contribution is -2.42. The molecule has 1 aromatic rings. The fourth-order valence-electron chi connectivity index (χ4n) is 3.04. The molecule has 0 N–H and O–H groups in total. The Hall–Kier alpha value is -3.03. The summed E-state index contributed by atoms with van der Waals surface area (Å²) in [5, 5.41) is 4.93. The summed E-state index contributed by atoms with van der Waals surface area (Å²) in [5.74, 6) is -3.52. The van der Waals surface area contributed by atoms with E-state index in [1.54, 1.807) is 44.2 Å². The van der Waals surface area contributed by atoms with Gasteiger partial charge in [-0.1, -0.05) is 18.2 Å². The van der Waals surface area contributed by atoms with E-state index in [2.05, 4.69) is 5.10 Å². The molecule has 2 aliphatic heterocycles. The molecule has 1 fully saturated rings. The first kappa shape index (κ1) is 16.8. The maximum Gasteiger partial charge on any atom is 0.355 e. The number of imide groups is 1. The highest BCUT2D eigenvalue weighted by Gasteiger charge is 2.59. The van der Waals surface area contributed by atoms with Crippen molar-refractivity contribution in [3.05, 3.63) is 35.9 Å². The average molecular weight is 343 g/mol. The van der Waals surface area contributed by atoms with Crippen LogP contribution in [0.5, 0.6) is 0 Å². The third-order valence-electron chi connectivity index (χ3n) is 4.17. The van der Waals surface area contributed by atoms with Crippen molar-refractivity contribution >= 4 is 29.4 Å². The van der Waals surface area contributed by atoms with Crippen LogP contribution in [0.3, 0.4) is 0 Å². The Balaban J connectivity index is 2.03. The summed E-state index contributed by atoms with van der Waals surface area (Å²) < 4.78 is 4.93. The number of rotatable bonds is 4. The Morgan fingerprint density at radius 3 is 2.40 bits per heavy atom. The highest BCUT2D eigenvalue weighted by molar-refractivity contribution is 6.44. The van der Waals surface area contributed by atoms with Crippen molar-refractivity contribution in [2.75, 3.05) is 13.2 Å². The predicted octanol–water partition coefficient (Wildman–Crippen LogP) is 0.435. The molecule has 0 aromatic heterocycles. The topological polar surface area (TPSA) is 96.3 Å². The van der Waals surface area contributed by atoms with Crippen molar-refractivity contribution in [1.82, 2.24) is 9.91 Å². The molecule has 25 heavy (non-hydrogen) atoms. The summed E-state index contributed by atoms with van der Waals surface area (Å²) in [5.41, 5.74) is 0.107. The monoisotopic (exact) mass is 343 g/mol. The number of carbonyl (C=O) groups excluding carboxylic acids is 4. The van der Waals surface area contributed by atoms with E-state index in [0.717, 1.165) is 9.91 Å². The summed E-state index contributed by atoms with van der Waals surface area (Å²) in [6.45, 7) is 3.54. The molecule has 2 unspecified atom stereocenters. The van der Waals surface area contributed by atoms with Crippen LogP contribution >= 0.6 is 0 Å². The molecule has 8 heteroatoms. The van der Waals surface area contributed by atoms with Gasteiger partial charge in [-0.3, -0.25) is 19.3 Å². The van der Waals surface area contributed by atoms with Crippen LogP contribution in [0.4, 0.5) is 0 Å². The van der Waals surface area contributed by atoms with Gasteiger partial charge in [0.1, 0.15) is 5.92 Å². The quantitative estimate of drug-likeness (QED) is 0.584. The zero-order chi connectivity index (χ0) is 18.1. The van der Waals surface area contributed by atoms with Crippen LogP contribution in [0.15, 0.2) is 35.4 Å². The van der Waals surface area contributed by atoms with Gasteiger partial charge in [0.05, 0.1) is 6.61 Å². The van der Waals surface area contributed by atoms with Gasteiger partial charge in [0.15, 0.2) is 11.8 Å². The Labute approximate surface area is 144 Å². The first-order chi connectivity index (χ1) is 12.0. The van der Waals surface area contributed by atoms with Crippen LogP contribution in [0.25, 0.3) is 0 Å². The van der Waals surface area contributed by atoms with Crippen LogP contribution < -0.4 is 0 Å². The van der Waals surface area contributed by atoms with E-state index >= 15 is 0 Å². The summed E-state index contributed by atoms with van der Waals surface area (Å²) in [7, 11) is 0. The van der Waals surface area contributed by atoms with Crippen LogP contribution in [0.1, 0.15) is 24.2 Å². The molecule has 0 bridgehead atoms. The predicted molar refractivity (Wildman–Crippen MR) is 86.4 cm³/mol. The van der Waals surface area contributed by atoms with E-state index in [1.165, 1.54) is 0 Å². The summed E-state index contributed by atoms with van der Waals surface area (Å²) in [4.78, 5) is 51.1. The fraction of sp³-hybridized carbons (Fsp3) is 0.353. The van der Waals surface area contributed by atoms with E-state index in [4.69, 9.17) is 4.74 Å². The number of hydrogen-bond acceptors (Lipinski definition) is 6. The Morgan fingerprint density at radius 2 is 1.80 bits per heavy atom. The number of carbonyl (C=O) groups is 4. The minimum absolute atomic E-state index is 0.0987. The molecule has 3 amide bonds. The van der Waals surface area contributed by atoms with Crippen molar-refractivity contribution in [1.29, 1.82) is 0 Å². The Kier molecular flexibility index (Phi) is 4.35. The largest absolute Gasteiger partial charge is 0.461 e. The average Bonchev–Trinajstić information content (AvgIpc) is 3.13. The molecule has 1 saturated heterocycles. The first-order valence-electron chi connectivity index (χ1n) is 8.00. The zero-order valence-electron chi connectivity index (χ0n) is 13.8. The maximum atomic E-state index is 12.7. The Morgan fingerprint density at radius 1 is 1.12 bits per heavy atom. The third kappa shape index (κ3) is 2.59. The minimum Gasteiger partial charge on any atom is -0.461 e. The molecular weight excluding hydrogens is 326 g/mol. The highest BCUT2D eigenvalue weighted by Crippen LogP contribution is 2.33. The highest BCUT2D eigenvalue weighted by atomic mass is 16.5. The fourth-order valence-corrected chi connectivity index (χ4v) is 3.04. The molecule has 0 radical (unpaired) electrons. The number of amides is 3. The summed E-state index contributed by atoms with van der Waals surface area (Å²) >= 11 is 0. The second-order valence-electron chi connectivity index (χ2n) is 5.56. The molecule has 3 rings (SSSR count). The molecular formula is C17H17N3O5. The number of likely N-dealkylation sites (N-methyl/N-ethyl adjacent to an activating group) is 1. The van der Waals surface area contributed by atoms with Gasteiger partial charge >= 0.3 is 5.97 Å². The van der Waals surface area contributed by atoms with Gasteiger partial charge < -0.3 is 4.74 Å². The van der Waals surface area contributed by atoms with Gasteiger partial charge in [0.25, 0.3) is 11.8 Å². The number of likely N-dealkylation sites (tertiary alicyclic amines) is 1. The van der Waals surface area contributed by atoms with Gasteiger partial charge in [-0.15, -0.1) is 0 Å². The van der Waals surface area contributed by atoms with Crippen molar-refractivity contribution in [2.45, 2.75) is 19.9 Å². The summed E-state index contributed by atoms with van der Waals surface area (Å²) in [6.07, 6.45) is 0. The van der Waals surface area contributed by atoms with Crippen LogP contribution in [0, 0.1) is 5.92 Å². The van der Waals surface area contributed by atoms with Crippen molar-refractivity contribution < 1.29 is 23.9 Å². The number of nitrogens with zero attached hydrogens (tertiary/aromatic N) is 3. The van der Waals surface area contributed by atoms with Crippen molar-refractivity contribution in [3.8, 4) is 0 Å². The number of fused-ring (bicyclic) bond motifs is 1. The molecule has 2 atom stereocenters. The van der Waals surface area contributed by atoms with Gasteiger partial charge in [0, 0.05) is 12.1 Å². The molecule has 0 aliphatic carbocycles. The zero-order valence-corrected chi connectivity index (χ0v) is 13.8. The molecule has 0 spiro atoms. The lowest BCUT2D eigenvalue weighted by Gasteiger charge is -2.19. The number of hydrazone groups is 1. The third-order valence-corrected chi connectivity index (χ3v) is 4.17. The van der Waals surface area contributed by atoms with Crippen molar-refractivity contribution in [3.63, 3.8) is 0 Å². The molecule has 0 saturated carbocycles. The van der Waals surface area contributed by atoms with E-state index in [9.17, 15) is 19.2 Å². The van der Waals surface area contributed by atoms with Gasteiger partial charge in [-0.2, -0.15) is 5.10 Å². The molecule has 8 nitrogen and oxygen atoms in total. The standard InChI is InChI=1S/C17H17N3O5/c1-3-19-15(22)11-12(17(24)25-4-2)18-20(13(11)16(19)23)14(21)10-8-6-5-7-9-10/h5-9,11,13H,3-4H2,1-2H3. The molecule has 2 heterocycles. The molecule has 2 aliphatic rings. The van der Waals surface area contributed by atoms with Crippen LogP contribution in [-0.2, 0) is 19.1 Å². The second-order valence-corrected chi connectivity index (χ2v) is 5.56. The summed E-state index contributed by atoms with van der Waals surface area (Å²) in [6, 6.07) is 7.12. The minimum atomic E-state index is -1.14. The van der Waals surface area contributed by atoms with Crippen LogP contribution in [0.2, 0.25) is 0 Å². The first-order valence-corrected chi connectivity index (χ1v) is 8.00. The van der Waals surface area contributed by atoms with Gasteiger partial charge in [0.2, 0.25) is 5.91 Å². The Bertz CT molecular complexity index is 774. The number of benzene rings is 1.